The number of carbonyl (C=O) groups excluding carboxylic acids is 3. The van der Waals surface area contributed by atoms with E-state index in [0.29, 0.717) is 22.6 Å². The van der Waals surface area contributed by atoms with Crippen LogP contribution in [0.2, 0.25) is 0 Å². The maximum Gasteiger partial charge on any atom is 0.261 e. The molecule has 144 valence electrons. The Morgan fingerprint density at radius 2 is 1.82 bits per heavy atom. The van der Waals surface area contributed by atoms with E-state index in [9.17, 15) is 14.4 Å². The number of thiocarbonyl (C=S) groups is 1. The van der Waals surface area contributed by atoms with E-state index < -0.39 is 5.91 Å². The smallest absolute Gasteiger partial charge is 0.261 e. The van der Waals surface area contributed by atoms with Gasteiger partial charge in [0.15, 0.2) is 5.11 Å². The Kier molecular flexibility index (Phi) is 5.48. The summed E-state index contributed by atoms with van der Waals surface area (Å²) < 4.78 is 6.05. The van der Waals surface area contributed by atoms with Crippen LogP contribution in [-0.4, -0.2) is 41.9 Å². The number of ether oxygens (including phenoxy) is 1. The zero-order chi connectivity index (χ0) is 20.6. The number of fused-ring (bicyclic) bond motifs is 1. The summed E-state index contributed by atoms with van der Waals surface area (Å²) in [5, 5.41) is 5.49. The minimum atomic E-state index is -0.439. The van der Waals surface area contributed by atoms with E-state index in [0.717, 1.165) is 14.9 Å². The minimum absolute atomic E-state index is 0.0507. The SMILES string of the molecule is COc1c(C)cc(Br)cc1C(=O)NC(=S)Nc1ccc2c(c1)C(=O)N(C)C2=O. The third-order valence-corrected chi connectivity index (χ3v) is 4.92. The van der Waals surface area contributed by atoms with Gasteiger partial charge in [-0.1, -0.05) is 15.9 Å². The Morgan fingerprint density at radius 1 is 1.14 bits per heavy atom. The van der Waals surface area contributed by atoms with Gasteiger partial charge in [-0.2, -0.15) is 0 Å². The van der Waals surface area contributed by atoms with Gasteiger partial charge < -0.3 is 10.1 Å². The Morgan fingerprint density at radius 3 is 2.50 bits per heavy atom. The quantitative estimate of drug-likeness (QED) is 0.539. The molecule has 1 aliphatic heterocycles. The van der Waals surface area contributed by atoms with Crippen molar-refractivity contribution < 1.29 is 19.1 Å². The molecule has 0 bridgehead atoms. The second kappa shape index (κ2) is 7.69. The summed E-state index contributed by atoms with van der Waals surface area (Å²) >= 11 is 8.56. The summed E-state index contributed by atoms with van der Waals surface area (Å²) in [6.07, 6.45) is 0. The third-order valence-electron chi connectivity index (χ3n) is 4.26. The lowest BCUT2D eigenvalue weighted by Gasteiger charge is -2.14. The van der Waals surface area contributed by atoms with Gasteiger partial charge in [-0.05, 0) is 55.0 Å². The zero-order valence-electron chi connectivity index (χ0n) is 15.3. The van der Waals surface area contributed by atoms with Gasteiger partial charge in [-0.25, -0.2) is 0 Å². The van der Waals surface area contributed by atoms with Gasteiger partial charge in [0.25, 0.3) is 17.7 Å². The van der Waals surface area contributed by atoms with Crippen LogP contribution >= 0.6 is 28.1 Å². The van der Waals surface area contributed by atoms with Crippen LogP contribution in [0, 0.1) is 6.92 Å². The van der Waals surface area contributed by atoms with Crippen LogP contribution in [0.1, 0.15) is 36.6 Å². The number of nitrogens with one attached hydrogen (secondary N) is 2. The van der Waals surface area contributed by atoms with E-state index in [1.165, 1.54) is 20.2 Å². The number of amides is 3. The molecule has 0 aromatic heterocycles. The Balaban J connectivity index is 1.76. The van der Waals surface area contributed by atoms with Gasteiger partial charge in [0.2, 0.25) is 0 Å². The van der Waals surface area contributed by atoms with E-state index in [-0.39, 0.29) is 22.5 Å². The second-order valence-corrected chi connectivity index (χ2v) is 7.47. The molecule has 0 radical (unpaired) electrons. The van der Waals surface area contributed by atoms with Gasteiger partial charge in [-0.3, -0.25) is 24.6 Å². The Hall–Kier alpha value is -2.78. The molecule has 3 rings (SSSR count). The van der Waals surface area contributed by atoms with Gasteiger partial charge in [-0.15, -0.1) is 0 Å². The lowest BCUT2D eigenvalue weighted by Crippen LogP contribution is -2.34. The maximum atomic E-state index is 12.6. The van der Waals surface area contributed by atoms with Gasteiger partial charge in [0, 0.05) is 17.2 Å². The van der Waals surface area contributed by atoms with Crippen LogP contribution in [0.15, 0.2) is 34.8 Å². The van der Waals surface area contributed by atoms with Crippen LogP contribution in [-0.2, 0) is 0 Å². The second-order valence-electron chi connectivity index (χ2n) is 6.14. The summed E-state index contributed by atoms with van der Waals surface area (Å²) in [6, 6.07) is 8.17. The van der Waals surface area contributed by atoms with Crippen molar-refractivity contribution in [1.82, 2.24) is 10.2 Å². The van der Waals surface area contributed by atoms with E-state index >= 15 is 0 Å². The first-order valence-electron chi connectivity index (χ1n) is 8.16. The van der Waals surface area contributed by atoms with Crippen LogP contribution in [0.5, 0.6) is 5.75 Å². The fraction of sp³-hybridized carbons (Fsp3) is 0.158. The first-order valence-corrected chi connectivity index (χ1v) is 9.36. The summed E-state index contributed by atoms with van der Waals surface area (Å²) in [6.45, 7) is 1.83. The molecule has 9 heteroatoms. The molecule has 0 saturated heterocycles. The van der Waals surface area contributed by atoms with Crippen LogP contribution in [0.25, 0.3) is 0 Å². The number of rotatable bonds is 3. The molecular weight excluding hydrogens is 446 g/mol. The summed E-state index contributed by atoms with van der Waals surface area (Å²) in [5.74, 6) is -0.716. The number of halogens is 1. The lowest BCUT2D eigenvalue weighted by atomic mass is 10.1. The van der Waals surface area contributed by atoms with E-state index in [2.05, 4.69) is 26.6 Å². The van der Waals surface area contributed by atoms with Crippen molar-refractivity contribution in [2.75, 3.05) is 19.5 Å². The molecule has 0 spiro atoms. The number of carbonyl (C=O) groups is 3. The number of hydrogen-bond donors (Lipinski definition) is 2. The number of hydrogen-bond acceptors (Lipinski definition) is 5. The molecular formula is C19H16BrN3O4S. The first kappa shape index (κ1) is 20.0. The molecule has 2 aromatic carbocycles. The number of nitrogens with zero attached hydrogens (tertiary/aromatic N) is 1. The van der Waals surface area contributed by atoms with Crippen molar-refractivity contribution in [1.29, 1.82) is 0 Å². The summed E-state index contributed by atoms with van der Waals surface area (Å²) in [7, 11) is 2.92. The van der Waals surface area contributed by atoms with Crippen molar-refractivity contribution in [3.63, 3.8) is 0 Å². The molecule has 0 fully saturated rings. The molecule has 1 heterocycles. The molecule has 7 nitrogen and oxygen atoms in total. The van der Waals surface area contributed by atoms with Crippen molar-refractivity contribution in [3.8, 4) is 5.75 Å². The van der Waals surface area contributed by atoms with Crippen molar-refractivity contribution in [2.45, 2.75) is 6.92 Å². The molecule has 0 atom stereocenters. The average molecular weight is 462 g/mol. The summed E-state index contributed by atoms with van der Waals surface area (Å²) in [4.78, 5) is 37.7. The van der Waals surface area contributed by atoms with E-state index in [1.54, 1.807) is 18.2 Å². The molecule has 0 aliphatic carbocycles. The van der Waals surface area contributed by atoms with Gasteiger partial charge >= 0.3 is 0 Å². The van der Waals surface area contributed by atoms with Crippen LogP contribution in [0.4, 0.5) is 5.69 Å². The van der Waals surface area contributed by atoms with Crippen LogP contribution < -0.4 is 15.4 Å². The molecule has 28 heavy (non-hydrogen) atoms. The minimum Gasteiger partial charge on any atom is -0.496 e. The monoisotopic (exact) mass is 461 g/mol. The highest BCUT2D eigenvalue weighted by molar-refractivity contribution is 9.10. The lowest BCUT2D eigenvalue weighted by molar-refractivity contribution is 0.0692. The summed E-state index contributed by atoms with van der Waals surface area (Å²) in [5.41, 5.74) is 2.23. The first-order chi connectivity index (χ1) is 13.2. The molecule has 1 aliphatic rings. The maximum absolute atomic E-state index is 12.6. The van der Waals surface area contributed by atoms with Gasteiger partial charge in [0.05, 0.1) is 23.8 Å². The molecule has 0 unspecified atom stereocenters. The fourth-order valence-corrected chi connectivity index (χ4v) is 3.72. The highest BCUT2D eigenvalue weighted by Gasteiger charge is 2.32. The third kappa shape index (κ3) is 3.63. The number of anilines is 1. The molecule has 0 saturated carbocycles. The standard InChI is InChI=1S/C19H16BrN3O4S/c1-9-6-10(20)7-14(15(9)27-3)16(24)22-19(28)21-11-4-5-12-13(8-11)18(26)23(2)17(12)25/h4-8H,1-3H3,(H2,21,22,24,28). The highest BCUT2D eigenvalue weighted by Crippen LogP contribution is 2.28. The Labute approximate surface area is 175 Å². The largest absolute Gasteiger partial charge is 0.496 e. The Bertz CT molecular complexity index is 1040. The fourth-order valence-electron chi connectivity index (χ4n) is 2.94. The van der Waals surface area contributed by atoms with Crippen molar-refractivity contribution >= 4 is 56.7 Å². The number of methoxy groups -OCH3 is 1. The number of imide groups is 1. The average Bonchev–Trinajstić information content (AvgIpc) is 2.85. The molecule has 2 N–H and O–H groups in total. The number of aryl methyl sites for hydroxylation is 1. The number of benzene rings is 2. The van der Waals surface area contributed by atoms with Crippen LogP contribution in [0.3, 0.4) is 0 Å². The van der Waals surface area contributed by atoms with Crippen molar-refractivity contribution in [3.05, 3.63) is 57.1 Å². The molecule has 3 amide bonds. The van der Waals surface area contributed by atoms with Gasteiger partial charge in [0.1, 0.15) is 5.75 Å². The predicted molar refractivity (Wildman–Crippen MR) is 112 cm³/mol. The van der Waals surface area contributed by atoms with E-state index in [4.69, 9.17) is 17.0 Å². The normalized spacial score (nSPS) is 12.6. The zero-order valence-corrected chi connectivity index (χ0v) is 17.7. The highest BCUT2D eigenvalue weighted by atomic mass is 79.9. The predicted octanol–water partition coefficient (Wildman–Crippen LogP) is 3.12. The molecule has 2 aromatic rings. The van der Waals surface area contributed by atoms with Crippen molar-refractivity contribution in [2.24, 2.45) is 0 Å². The van der Waals surface area contributed by atoms with E-state index in [1.807, 2.05) is 13.0 Å². The topological polar surface area (TPSA) is 87.7 Å².